The molecule has 0 fully saturated rings. The molecule has 0 unspecified atom stereocenters. The van der Waals surface area contributed by atoms with Gasteiger partial charge in [-0.25, -0.2) is 22.7 Å². The number of benzene rings is 1. The molecule has 1 aliphatic rings. The molecule has 1 aromatic carbocycles. The Morgan fingerprint density at radius 1 is 1.11 bits per heavy atom. The summed E-state index contributed by atoms with van der Waals surface area (Å²) < 4.78 is 25.5. The second-order valence-corrected chi connectivity index (χ2v) is 10.1. The van der Waals surface area contributed by atoms with Gasteiger partial charge in [0.15, 0.2) is 0 Å². The molecule has 3 aromatic rings. The van der Waals surface area contributed by atoms with Crippen molar-refractivity contribution < 1.29 is 13.2 Å². The molecule has 146 valence electrons. The lowest BCUT2D eigenvalue weighted by atomic mass is 9.97. The fourth-order valence-electron chi connectivity index (χ4n) is 3.35. The number of nitrogens with one attached hydrogen (secondary N) is 1. The van der Waals surface area contributed by atoms with Gasteiger partial charge in [0.05, 0.1) is 10.3 Å². The fraction of sp³-hybridized carbons (Fsp3) is 0.316. The largest absolute Gasteiger partial charge is 0.306 e. The Morgan fingerprint density at radius 2 is 1.82 bits per heavy atom. The van der Waals surface area contributed by atoms with E-state index in [1.807, 2.05) is 0 Å². The Kier molecular flexibility index (Phi) is 4.90. The van der Waals surface area contributed by atoms with Gasteiger partial charge >= 0.3 is 0 Å². The number of sulfonamides is 1. The van der Waals surface area contributed by atoms with Crippen molar-refractivity contribution in [2.45, 2.75) is 30.6 Å². The first kappa shape index (κ1) is 19.0. The number of thiophene rings is 1. The molecular weight excluding hydrogens is 396 g/mol. The van der Waals surface area contributed by atoms with Crippen LogP contribution in [0.1, 0.15) is 33.6 Å². The van der Waals surface area contributed by atoms with Crippen LogP contribution in [0.25, 0.3) is 10.2 Å². The molecular formula is C19H20N4O3S2. The molecule has 4 rings (SSSR count). The first-order valence-electron chi connectivity index (χ1n) is 8.97. The molecule has 7 nitrogen and oxygen atoms in total. The Morgan fingerprint density at radius 3 is 2.54 bits per heavy atom. The van der Waals surface area contributed by atoms with Crippen molar-refractivity contribution in [2.24, 2.45) is 0 Å². The van der Waals surface area contributed by atoms with E-state index in [0.717, 1.165) is 33.8 Å². The van der Waals surface area contributed by atoms with E-state index in [-0.39, 0.29) is 10.8 Å². The van der Waals surface area contributed by atoms with Gasteiger partial charge in [0.1, 0.15) is 17.0 Å². The third-order valence-corrected chi connectivity index (χ3v) is 7.91. The van der Waals surface area contributed by atoms with Gasteiger partial charge < -0.3 is 5.32 Å². The molecule has 1 N–H and O–H groups in total. The number of aromatic nitrogens is 2. The summed E-state index contributed by atoms with van der Waals surface area (Å²) in [4.78, 5) is 23.7. The van der Waals surface area contributed by atoms with Crippen LogP contribution in [0.2, 0.25) is 0 Å². The number of hydrogen-bond donors (Lipinski definition) is 1. The van der Waals surface area contributed by atoms with Crippen LogP contribution < -0.4 is 5.32 Å². The van der Waals surface area contributed by atoms with Crippen LogP contribution >= 0.6 is 11.3 Å². The number of carbonyl (C=O) groups excluding carboxylic acids is 1. The Balaban J connectivity index is 1.63. The lowest BCUT2D eigenvalue weighted by Gasteiger charge is -2.13. The van der Waals surface area contributed by atoms with Crippen molar-refractivity contribution in [1.29, 1.82) is 0 Å². The van der Waals surface area contributed by atoms with Gasteiger partial charge in [0.25, 0.3) is 5.91 Å². The maximum atomic E-state index is 12.7. The Bertz CT molecular complexity index is 1150. The van der Waals surface area contributed by atoms with Crippen LogP contribution in [-0.4, -0.2) is 42.7 Å². The molecule has 0 radical (unpaired) electrons. The molecule has 0 atom stereocenters. The maximum absolute atomic E-state index is 12.7. The summed E-state index contributed by atoms with van der Waals surface area (Å²) in [6.07, 6.45) is 5.79. The summed E-state index contributed by atoms with van der Waals surface area (Å²) in [5.74, 6) is 0.184. The van der Waals surface area contributed by atoms with Crippen molar-refractivity contribution in [1.82, 2.24) is 14.3 Å². The minimum atomic E-state index is -3.53. The van der Waals surface area contributed by atoms with Crippen LogP contribution in [0.5, 0.6) is 0 Å². The smallest absolute Gasteiger partial charge is 0.256 e. The monoisotopic (exact) mass is 416 g/mol. The first-order valence-corrected chi connectivity index (χ1v) is 11.2. The number of rotatable bonds is 4. The van der Waals surface area contributed by atoms with Crippen molar-refractivity contribution in [3.63, 3.8) is 0 Å². The lowest BCUT2D eigenvalue weighted by Crippen LogP contribution is -2.22. The highest BCUT2D eigenvalue weighted by molar-refractivity contribution is 7.89. The van der Waals surface area contributed by atoms with Gasteiger partial charge in [-0.2, -0.15) is 0 Å². The van der Waals surface area contributed by atoms with Gasteiger partial charge in [-0.3, -0.25) is 4.79 Å². The molecule has 28 heavy (non-hydrogen) atoms. The standard InChI is InChI=1S/C19H20N4O3S2/c1-23(2)28(25,26)13-9-7-12(8-10-13)18(24)22-17-16-14-5-3-4-6-15(14)27-19(16)21-11-20-17/h7-11H,3-6H2,1-2H3,(H,20,21,22,24). The van der Waals surface area contributed by atoms with Crippen LogP contribution in [0, 0.1) is 0 Å². The predicted molar refractivity (Wildman–Crippen MR) is 109 cm³/mol. The molecule has 0 saturated carbocycles. The van der Waals surface area contributed by atoms with Crippen molar-refractivity contribution in [3.05, 3.63) is 46.6 Å². The van der Waals surface area contributed by atoms with E-state index >= 15 is 0 Å². The molecule has 1 amide bonds. The van der Waals surface area contributed by atoms with Gasteiger partial charge in [-0.1, -0.05) is 0 Å². The van der Waals surface area contributed by atoms with Crippen molar-refractivity contribution >= 4 is 43.3 Å². The van der Waals surface area contributed by atoms with Crippen molar-refractivity contribution in [2.75, 3.05) is 19.4 Å². The molecule has 0 aliphatic heterocycles. The minimum absolute atomic E-state index is 0.144. The normalized spacial score (nSPS) is 14.2. The molecule has 9 heteroatoms. The summed E-state index contributed by atoms with van der Waals surface area (Å²) in [6.45, 7) is 0. The number of carbonyl (C=O) groups is 1. The predicted octanol–water partition coefficient (Wildman–Crippen LogP) is 3.07. The molecule has 0 bridgehead atoms. The molecule has 1 aliphatic carbocycles. The number of fused-ring (bicyclic) bond motifs is 3. The van der Waals surface area contributed by atoms with E-state index in [4.69, 9.17) is 0 Å². The zero-order valence-electron chi connectivity index (χ0n) is 15.6. The van der Waals surface area contributed by atoms with E-state index in [2.05, 4.69) is 15.3 Å². The second-order valence-electron chi connectivity index (χ2n) is 6.88. The minimum Gasteiger partial charge on any atom is -0.306 e. The summed E-state index contributed by atoms with van der Waals surface area (Å²) in [6, 6.07) is 5.89. The summed E-state index contributed by atoms with van der Waals surface area (Å²) in [5, 5.41) is 3.81. The Hall–Kier alpha value is -2.36. The lowest BCUT2D eigenvalue weighted by molar-refractivity contribution is 0.102. The summed E-state index contributed by atoms with van der Waals surface area (Å²) in [7, 11) is -0.587. The fourth-order valence-corrected chi connectivity index (χ4v) is 5.48. The quantitative estimate of drug-likeness (QED) is 0.706. The zero-order valence-corrected chi connectivity index (χ0v) is 17.2. The number of hydrogen-bond acceptors (Lipinski definition) is 6. The third-order valence-electron chi connectivity index (χ3n) is 4.88. The summed E-state index contributed by atoms with van der Waals surface area (Å²) in [5.41, 5.74) is 1.61. The van der Waals surface area contributed by atoms with E-state index in [1.165, 1.54) is 61.5 Å². The van der Waals surface area contributed by atoms with E-state index in [1.54, 1.807) is 11.3 Å². The highest BCUT2D eigenvalue weighted by Gasteiger charge is 2.21. The van der Waals surface area contributed by atoms with Gasteiger partial charge in [0.2, 0.25) is 10.0 Å². The maximum Gasteiger partial charge on any atom is 0.256 e. The topological polar surface area (TPSA) is 92.3 Å². The number of aryl methyl sites for hydroxylation is 2. The van der Waals surface area contributed by atoms with Crippen LogP contribution in [0.3, 0.4) is 0 Å². The first-order chi connectivity index (χ1) is 13.4. The van der Waals surface area contributed by atoms with Crippen LogP contribution in [0.4, 0.5) is 5.82 Å². The van der Waals surface area contributed by atoms with E-state index < -0.39 is 10.0 Å². The molecule has 0 spiro atoms. The van der Waals surface area contributed by atoms with Crippen molar-refractivity contribution in [3.8, 4) is 0 Å². The SMILES string of the molecule is CN(C)S(=O)(=O)c1ccc(C(=O)Nc2ncnc3sc4c(c23)CCCC4)cc1. The molecule has 2 heterocycles. The average molecular weight is 417 g/mol. The highest BCUT2D eigenvalue weighted by atomic mass is 32.2. The number of anilines is 1. The van der Waals surface area contributed by atoms with E-state index in [9.17, 15) is 13.2 Å². The highest BCUT2D eigenvalue weighted by Crippen LogP contribution is 2.38. The van der Waals surface area contributed by atoms with Gasteiger partial charge in [-0.05, 0) is 55.5 Å². The Labute approximate surface area is 167 Å². The molecule has 2 aromatic heterocycles. The average Bonchev–Trinajstić information content (AvgIpc) is 3.07. The van der Waals surface area contributed by atoms with E-state index in [0.29, 0.717) is 11.4 Å². The summed E-state index contributed by atoms with van der Waals surface area (Å²) >= 11 is 1.67. The zero-order chi connectivity index (χ0) is 19.9. The van der Waals surface area contributed by atoms with Gasteiger partial charge in [-0.15, -0.1) is 11.3 Å². The molecule has 0 saturated heterocycles. The van der Waals surface area contributed by atoms with Gasteiger partial charge in [0, 0.05) is 24.5 Å². The number of nitrogens with zero attached hydrogens (tertiary/aromatic N) is 3. The second kappa shape index (κ2) is 7.23. The van der Waals surface area contributed by atoms with Crippen LogP contribution in [0.15, 0.2) is 35.5 Å². The third kappa shape index (κ3) is 3.30. The number of amides is 1. The van der Waals surface area contributed by atoms with Crippen LogP contribution in [-0.2, 0) is 22.9 Å².